The minimum atomic E-state index is -0.322. The molecule has 0 radical (unpaired) electrons. The fraction of sp³-hybridized carbons (Fsp3) is 0.263. The van der Waals surface area contributed by atoms with Crippen molar-refractivity contribution in [2.24, 2.45) is 0 Å². The van der Waals surface area contributed by atoms with Crippen LogP contribution in [0.2, 0.25) is 0 Å². The number of amides is 1. The van der Waals surface area contributed by atoms with Crippen LogP contribution in [0.5, 0.6) is 11.5 Å². The number of aromatic hydroxyl groups is 1. The van der Waals surface area contributed by atoms with E-state index < -0.39 is 0 Å². The number of pyridine rings is 1. The van der Waals surface area contributed by atoms with Crippen molar-refractivity contribution in [1.29, 1.82) is 0 Å². The molecule has 0 spiro atoms. The molecule has 0 fully saturated rings. The molecule has 6 nitrogen and oxygen atoms in total. The van der Waals surface area contributed by atoms with E-state index in [-0.39, 0.29) is 11.7 Å². The Bertz CT molecular complexity index is 931. The third-order valence-electron chi connectivity index (χ3n) is 3.94. The lowest BCUT2D eigenvalue weighted by Crippen LogP contribution is -2.16. The van der Waals surface area contributed by atoms with E-state index >= 15 is 0 Å². The van der Waals surface area contributed by atoms with Crippen molar-refractivity contribution >= 4 is 17.2 Å². The van der Waals surface area contributed by atoms with Crippen LogP contribution in [0.4, 0.5) is 5.69 Å². The zero-order valence-electron chi connectivity index (χ0n) is 14.5. The first-order valence-electron chi connectivity index (χ1n) is 8.28. The maximum absolute atomic E-state index is 12.9. The van der Waals surface area contributed by atoms with Crippen LogP contribution in [-0.4, -0.2) is 27.0 Å². The van der Waals surface area contributed by atoms with Gasteiger partial charge in [0.2, 0.25) is 0 Å². The van der Waals surface area contributed by atoms with E-state index in [1.54, 1.807) is 22.7 Å². The highest BCUT2D eigenvalue weighted by molar-refractivity contribution is 6.05. The van der Waals surface area contributed by atoms with Crippen LogP contribution in [0.3, 0.4) is 0 Å². The van der Waals surface area contributed by atoms with Crippen molar-refractivity contribution in [1.82, 2.24) is 9.38 Å². The van der Waals surface area contributed by atoms with Crippen molar-refractivity contribution in [2.45, 2.75) is 27.2 Å². The lowest BCUT2D eigenvalue weighted by Gasteiger charge is -2.09. The summed E-state index contributed by atoms with van der Waals surface area (Å²) >= 11 is 0. The van der Waals surface area contributed by atoms with Crippen molar-refractivity contribution in [3.8, 4) is 11.5 Å². The van der Waals surface area contributed by atoms with Crippen LogP contribution in [-0.2, 0) is 6.42 Å². The van der Waals surface area contributed by atoms with E-state index in [2.05, 4.69) is 10.3 Å². The Hall–Kier alpha value is -3.02. The molecule has 2 aromatic heterocycles. The summed E-state index contributed by atoms with van der Waals surface area (Å²) in [4.78, 5) is 17.4. The molecule has 6 heteroatoms. The molecule has 0 saturated carbocycles. The van der Waals surface area contributed by atoms with Gasteiger partial charge in [-0.15, -0.1) is 0 Å². The molecular formula is C19H21N3O3. The summed E-state index contributed by atoms with van der Waals surface area (Å²) in [5, 5.41) is 12.8. The SMILES string of the molecule is CCOc1cccn2c(C(=O)Nc3ccc(C)cc3O)c(CC)nc12. The van der Waals surface area contributed by atoms with E-state index in [1.165, 1.54) is 0 Å². The second-order valence-electron chi connectivity index (χ2n) is 5.73. The van der Waals surface area contributed by atoms with Crippen LogP contribution in [0.1, 0.15) is 35.6 Å². The zero-order valence-corrected chi connectivity index (χ0v) is 14.5. The average Bonchev–Trinajstić information content (AvgIpc) is 2.97. The number of nitrogens with one attached hydrogen (secondary N) is 1. The van der Waals surface area contributed by atoms with Gasteiger partial charge in [0.15, 0.2) is 11.4 Å². The number of ether oxygens (including phenoxy) is 1. The van der Waals surface area contributed by atoms with Crippen molar-refractivity contribution in [3.63, 3.8) is 0 Å². The van der Waals surface area contributed by atoms with E-state index in [4.69, 9.17) is 4.74 Å². The summed E-state index contributed by atoms with van der Waals surface area (Å²) in [5.41, 5.74) is 3.02. The molecule has 25 heavy (non-hydrogen) atoms. The Balaban J connectivity index is 2.04. The number of phenolic OH excluding ortho intramolecular Hbond substituents is 1. The van der Waals surface area contributed by atoms with Crippen molar-refractivity contribution in [3.05, 3.63) is 53.5 Å². The standard InChI is InChI=1S/C19H21N3O3/c1-4-13-17(19(24)21-14-9-8-12(3)11-15(14)23)22-10-6-7-16(25-5-2)18(22)20-13/h6-11,23H,4-5H2,1-3H3,(H,21,24). The van der Waals surface area contributed by atoms with Gasteiger partial charge in [-0.05, 0) is 50.1 Å². The number of hydrogen-bond donors (Lipinski definition) is 2. The maximum Gasteiger partial charge on any atom is 0.274 e. The maximum atomic E-state index is 12.9. The predicted molar refractivity (Wildman–Crippen MR) is 96.5 cm³/mol. The van der Waals surface area contributed by atoms with Crippen molar-refractivity contribution in [2.75, 3.05) is 11.9 Å². The molecule has 3 rings (SSSR count). The number of benzene rings is 1. The molecule has 0 aliphatic carbocycles. The molecule has 1 amide bonds. The number of fused-ring (bicyclic) bond motifs is 1. The molecule has 3 aromatic rings. The molecule has 0 atom stereocenters. The summed E-state index contributed by atoms with van der Waals surface area (Å²) in [7, 11) is 0. The first-order valence-corrected chi connectivity index (χ1v) is 8.28. The Morgan fingerprint density at radius 3 is 2.80 bits per heavy atom. The van der Waals surface area contributed by atoms with Gasteiger partial charge in [-0.25, -0.2) is 4.98 Å². The summed E-state index contributed by atoms with van der Waals surface area (Å²) in [6, 6.07) is 8.77. The Morgan fingerprint density at radius 2 is 2.12 bits per heavy atom. The number of rotatable bonds is 5. The minimum absolute atomic E-state index is 0.0372. The lowest BCUT2D eigenvalue weighted by molar-refractivity contribution is 0.102. The molecule has 0 unspecified atom stereocenters. The van der Waals surface area contributed by atoms with Gasteiger partial charge in [-0.1, -0.05) is 13.0 Å². The van der Waals surface area contributed by atoms with Crippen LogP contribution in [0, 0.1) is 6.92 Å². The molecule has 0 aliphatic heterocycles. The van der Waals surface area contributed by atoms with Gasteiger partial charge in [0.1, 0.15) is 11.4 Å². The van der Waals surface area contributed by atoms with Crippen LogP contribution < -0.4 is 10.1 Å². The van der Waals surface area contributed by atoms with Crippen molar-refractivity contribution < 1.29 is 14.6 Å². The quantitative estimate of drug-likeness (QED) is 0.697. The first kappa shape index (κ1) is 16.8. The number of carbonyl (C=O) groups excluding carboxylic acids is 1. The van der Waals surface area contributed by atoms with E-state index in [9.17, 15) is 9.90 Å². The Labute approximate surface area is 146 Å². The predicted octanol–water partition coefficient (Wildman–Crippen LogP) is 3.56. The summed E-state index contributed by atoms with van der Waals surface area (Å²) in [5.74, 6) is 0.351. The molecule has 1 aromatic carbocycles. The number of hydrogen-bond acceptors (Lipinski definition) is 4. The Kier molecular flexibility index (Phi) is 4.61. The van der Waals surface area contributed by atoms with Gasteiger partial charge in [-0.2, -0.15) is 0 Å². The molecule has 0 bridgehead atoms. The van der Waals surface area contributed by atoms with Gasteiger partial charge >= 0.3 is 0 Å². The first-order chi connectivity index (χ1) is 12.0. The highest BCUT2D eigenvalue weighted by Gasteiger charge is 2.21. The number of carbonyl (C=O) groups is 1. The molecule has 0 saturated heterocycles. The number of imidazole rings is 1. The lowest BCUT2D eigenvalue weighted by atomic mass is 10.2. The van der Waals surface area contributed by atoms with Gasteiger partial charge in [0.05, 0.1) is 18.0 Å². The topological polar surface area (TPSA) is 75.9 Å². The van der Waals surface area contributed by atoms with Crippen LogP contribution in [0.15, 0.2) is 36.5 Å². The number of anilines is 1. The zero-order chi connectivity index (χ0) is 18.0. The smallest absolute Gasteiger partial charge is 0.274 e. The monoisotopic (exact) mass is 339 g/mol. The highest BCUT2D eigenvalue weighted by Crippen LogP contribution is 2.27. The van der Waals surface area contributed by atoms with Crippen LogP contribution >= 0.6 is 0 Å². The van der Waals surface area contributed by atoms with Gasteiger partial charge in [-0.3, -0.25) is 9.20 Å². The summed E-state index contributed by atoms with van der Waals surface area (Å²) in [6.07, 6.45) is 2.39. The number of phenols is 1. The molecule has 2 N–H and O–H groups in total. The number of aromatic nitrogens is 2. The van der Waals surface area contributed by atoms with E-state index in [0.717, 1.165) is 5.56 Å². The minimum Gasteiger partial charge on any atom is -0.506 e. The molecule has 0 aliphatic rings. The van der Waals surface area contributed by atoms with Gasteiger partial charge in [0.25, 0.3) is 5.91 Å². The van der Waals surface area contributed by atoms with Gasteiger partial charge < -0.3 is 15.2 Å². The third kappa shape index (κ3) is 3.15. The van der Waals surface area contributed by atoms with E-state index in [1.807, 2.05) is 39.0 Å². The highest BCUT2D eigenvalue weighted by atomic mass is 16.5. The van der Waals surface area contributed by atoms with Gasteiger partial charge in [0, 0.05) is 6.20 Å². The second kappa shape index (κ2) is 6.84. The number of aryl methyl sites for hydroxylation is 2. The molecular weight excluding hydrogens is 318 g/mol. The largest absolute Gasteiger partial charge is 0.506 e. The normalized spacial score (nSPS) is 10.8. The molecule has 2 heterocycles. The number of nitrogens with zero attached hydrogens (tertiary/aromatic N) is 2. The van der Waals surface area contributed by atoms with Crippen LogP contribution in [0.25, 0.3) is 5.65 Å². The average molecular weight is 339 g/mol. The third-order valence-corrected chi connectivity index (χ3v) is 3.94. The Morgan fingerprint density at radius 1 is 1.32 bits per heavy atom. The second-order valence-corrected chi connectivity index (χ2v) is 5.73. The fourth-order valence-corrected chi connectivity index (χ4v) is 2.77. The molecule has 130 valence electrons. The summed E-state index contributed by atoms with van der Waals surface area (Å²) in [6.45, 7) is 6.25. The fourth-order valence-electron chi connectivity index (χ4n) is 2.77. The van der Waals surface area contributed by atoms with E-state index in [0.29, 0.717) is 41.5 Å². The summed E-state index contributed by atoms with van der Waals surface area (Å²) < 4.78 is 7.33.